The Bertz CT molecular complexity index is 752. The molecule has 29 heavy (non-hydrogen) atoms. The van der Waals surface area contributed by atoms with Crippen LogP contribution in [0, 0.1) is 5.92 Å². The maximum Gasteiger partial charge on any atom is 0.350 e. The summed E-state index contributed by atoms with van der Waals surface area (Å²) in [6.07, 6.45) is 12.7. The van der Waals surface area contributed by atoms with Crippen molar-refractivity contribution in [1.29, 1.82) is 0 Å². The average Bonchev–Trinajstić information content (AvgIpc) is 2.96. The molecule has 0 aromatic rings. The van der Waals surface area contributed by atoms with Crippen molar-refractivity contribution in [2.75, 3.05) is 0 Å². The van der Waals surface area contributed by atoms with Crippen LogP contribution in [0.4, 0.5) is 0 Å². The van der Waals surface area contributed by atoms with Crippen LogP contribution in [-0.4, -0.2) is 52.2 Å². The van der Waals surface area contributed by atoms with Crippen LogP contribution < -0.4 is 15.7 Å². The van der Waals surface area contributed by atoms with E-state index in [1.54, 1.807) is 0 Å². The molecule has 2 fully saturated rings. The zero-order valence-electron chi connectivity index (χ0n) is 17.5. The lowest BCUT2D eigenvalue weighted by Crippen LogP contribution is -2.77. The largest absolute Gasteiger partial charge is 0.549 e. The van der Waals surface area contributed by atoms with Crippen molar-refractivity contribution in [3.05, 3.63) is 12.2 Å². The molecule has 5 aliphatic rings. The van der Waals surface area contributed by atoms with Gasteiger partial charge in [0.25, 0.3) is 0 Å². The number of nitrogens with zero attached hydrogens (tertiary/aromatic N) is 1. The Balaban J connectivity index is 1.52. The number of rotatable bonds is 2. The molecule has 5 heterocycles. The first-order valence-corrected chi connectivity index (χ1v) is 11.4. The van der Waals surface area contributed by atoms with E-state index < -0.39 is 23.3 Å². The molecule has 7 atom stereocenters. The normalized spacial score (nSPS) is 46.2. The SMILES string of the molecule is CCC1C=CCC[C@@]2(C[C@@H]3CC[C@@H]4[C@H](C(=O)[O-])[C@]5(CCCC(C)O5)NC(=[N+]34)N2)O1. The monoisotopic (exact) mass is 403 g/mol. The van der Waals surface area contributed by atoms with Gasteiger partial charge in [0.05, 0.1) is 36.2 Å². The lowest BCUT2D eigenvalue weighted by Gasteiger charge is -2.51. The number of hydrogen-bond donors (Lipinski definition) is 2. The van der Waals surface area contributed by atoms with Gasteiger partial charge in [0.15, 0.2) is 11.4 Å². The fraction of sp³-hybridized carbons (Fsp3) is 0.818. The van der Waals surface area contributed by atoms with E-state index in [9.17, 15) is 9.90 Å². The number of allylic oxidation sites excluding steroid dienone is 1. The van der Waals surface area contributed by atoms with Gasteiger partial charge in [0.1, 0.15) is 0 Å². The second-order valence-electron chi connectivity index (χ2n) is 9.54. The number of aliphatic carboxylic acids is 1. The molecule has 2 saturated heterocycles. The van der Waals surface area contributed by atoms with E-state index in [-0.39, 0.29) is 24.3 Å². The van der Waals surface area contributed by atoms with Crippen molar-refractivity contribution in [2.45, 2.75) is 107 Å². The third kappa shape index (κ3) is 3.08. The molecule has 2 unspecified atom stereocenters. The summed E-state index contributed by atoms with van der Waals surface area (Å²) in [4.78, 5) is 12.3. The van der Waals surface area contributed by atoms with Gasteiger partial charge in [0.2, 0.25) is 0 Å². The Kier molecular flexibility index (Phi) is 4.66. The second-order valence-corrected chi connectivity index (χ2v) is 9.54. The van der Waals surface area contributed by atoms with Gasteiger partial charge < -0.3 is 19.4 Å². The number of guanidine groups is 1. The molecular formula is C22H33N3O4. The lowest BCUT2D eigenvalue weighted by atomic mass is 9.80. The summed E-state index contributed by atoms with van der Waals surface area (Å²) in [7, 11) is 0. The van der Waals surface area contributed by atoms with Crippen molar-refractivity contribution in [3.63, 3.8) is 0 Å². The van der Waals surface area contributed by atoms with E-state index in [1.165, 1.54) is 0 Å². The van der Waals surface area contributed by atoms with Gasteiger partial charge in [-0.05, 0) is 45.4 Å². The van der Waals surface area contributed by atoms with Gasteiger partial charge in [-0.3, -0.25) is 4.58 Å². The highest BCUT2D eigenvalue weighted by Gasteiger charge is 2.62. The van der Waals surface area contributed by atoms with Gasteiger partial charge in [-0.2, -0.15) is 0 Å². The highest BCUT2D eigenvalue weighted by molar-refractivity contribution is 5.81. The number of nitrogens with one attached hydrogen (secondary N) is 2. The van der Waals surface area contributed by atoms with Crippen molar-refractivity contribution >= 4 is 11.9 Å². The molecule has 2 spiro atoms. The third-order valence-electron chi connectivity index (χ3n) is 7.60. The summed E-state index contributed by atoms with van der Waals surface area (Å²) in [6.45, 7) is 4.18. The van der Waals surface area contributed by atoms with Crippen LogP contribution in [0.15, 0.2) is 12.2 Å². The number of ether oxygens (including phenoxy) is 2. The fourth-order valence-corrected chi connectivity index (χ4v) is 6.40. The smallest absolute Gasteiger partial charge is 0.350 e. The van der Waals surface area contributed by atoms with Crippen molar-refractivity contribution < 1.29 is 24.0 Å². The summed E-state index contributed by atoms with van der Waals surface area (Å²) in [5.41, 5.74) is -1.32. The molecule has 0 bridgehead atoms. The summed E-state index contributed by atoms with van der Waals surface area (Å²) < 4.78 is 15.2. The molecule has 7 heteroatoms. The maximum absolute atomic E-state index is 12.3. The molecular weight excluding hydrogens is 370 g/mol. The topological polar surface area (TPSA) is 85.7 Å². The molecule has 0 aromatic carbocycles. The molecule has 0 saturated carbocycles. The van der Waals surface area contributed by atoms with E-state index in [2.05, 4.69) is 34.3 Å². The maximum atomic E-state index is 12.3. The van der Waals surface area contributed by atoms with Crippen molar-refractivity contribution in [3.8, 4) is 0 Å². The molecule has 0 amide bonds. The molecule has 0 aliphatic carbocycles. The molecule has 160 valence electrons. The van der Waals surface area contributed by atoms with Crippen LogP contribution >= 0.6 is 0 Å². The zero-order chi connectivity index (χ0) is 20.2. The minimum atomic E-state index is -1.00. The van der Waals surface area contributed by atoms with Crippen LogP contribution in [-0.2, 0) is 14.3 Å². The lowest BCUT2D eigenvalue weighted by molar-refractivity contribution is -0.610. The minimum Gasteiger partial charge on any atom is -0.549 e. The Hall–Kier alpha value is -1.60. The average molecular weight is 404 g/mol. The van der Waals surface area contributed by atoms with E-state index in [4.69, 9.17) is 9.47 Å². The predicted molar refractivity (Wildman–Crippen MR) is 105 cm³/mol. The summed E-state index contributed by atoms with van der Waals surface area (Å²) >= 11 is 0. The molecule has 5 aliphatic heterocycles. The van der Waals surface area contributed by atoms with Gasteiger partial charge in [-0.25, -0.2) is 10.6 Å². The van der Waals surface area contributed by atoms with Crippen molar-refractivity contribution in [1.82, 2.24) is 10.6 Å². The van der Waals surface area contributed by atoms with E-state index in [0.29, 0.717) is 6.42 Å². The first-order chi connectivity index (χ1) is 14.0. The van der Waals surface area contributed by atoms with E-state index in [0.717, 1.165) is 57.3 Å². The Morgan fingerprint density at radius 3 is 2.90 bits per heavy atom. The number of carboxylic acids is 1. The molecule has 0 radical (unpaired) electrons. The number of hydrogen-bond acceptors (Lipinski definition) is 6. The van der Waals surface area contributed by atoms with Gasteiger partial charge in [-0.1, -0.05) is 19.1 Å². The number of carboxylic acid groups (broad SMARTS) is 1. The number of carbonyl (C=O) groups excluding carboxylic acids is 1. The van der Waals surface area contributed by atoms with E-state index >= 15 is 0 Å². The van der Waals surface area contributed by atoms with Gasteiger partial charge in [-0.15, -0.1) is 0 Å². The molecule has 0 aromatic heterocycles. The zero-order valence-corrected chi connectivity index (χ0v) is 17.5. The number of carbonyl (C=O) groups is 1. The van der Waals surface area contributed by atoms with Crippen molar-refractivity contribution in [2.24, 2.45) is 5.92 Å². The highest BCUT2D eigenvalue weighted by atomic mass is 16.5. The molecule has 2 N–H and O–H groups in total. The third-order valence-corrected chi connectivity index (χ3v) is 7.60. The standard InChI is InChI=1S/C22H33N3O4/c1-3-16-8-4-5-11-21(29-16)13-15-9-10-17-18(19(26)27)22(12-6-7-14(2)28-22)24-20(23-21)25(15)17/h4,8,14-18H,3,5-7,9-13H2,1-2H3,(H2,23,24,26,27)/t14?,15-,16?,17+,18+,21-,22+/m0/s1. The first-order valence-electron chi connectivity index (χ1n) is 11.4. The highest BCUT2D eigenvalue weighted by Crippen LogP contribution is 2.45. The van der Waals surface area contributed by atoms with Crippen LogP contribution in [0.5, 0.6) is 0 Å². The Morgan fingerprint density at radius 1 is 1.28 bits per heavy atom. The fourth-order valence-electron chi connectivity index (χ4n) is 6.40. The Labute approximate surface area is 172 Å². The minimum absolute atomic E-state index is 0.0304. The van der Waals surface area contributed by atoms with Crippen LogP contribution in [0.2, 0.25) is 0 Å². The first kappa shape index (κ1) is 19.4. The summed E-state index contributed by atoms with van der Waals surface area (Å²) in [5, 5.41) is 19.5. The summed E-state index contributed by atoms with van der Waals surface area (Å²) in [6, 6.07) is 0.182. The van der Waals surface area contributed by atoms with Crippen LogP contribution in [0.1, 0.15) is 71.6 Å². The molecule has 5 rings (SSSR count). The Morgan fingerprint density at radius 2 is 2.14 bits per heavy atom. The van der Waals surface area contributed by atoms with Gasteiger partial charge in [0, 0.05) is 19.3 Å². The molecule has 7 nitrogen and oxygen atoms in total. The summed E-state index contributed by atoms with van der Waals surface area (Å²) in [5.74, 6) is -0.778. The predicted octanol–water partition coefficient (Wildman–Crippen LogP) is 0.975. The van der Waals surface area contributed by atoms with Crippen LogP contribution in [0.25, 0.3) is 0 Å². The second kappa shape index (κ2) is 6.98. The van der Waals surface area contributed by atoms with Gasteiger partial charge >= 0.3 is 5.96 Å². The van der Waals surface area contributed by atoms with Crippen LogP contribution in [0.3, 0.4) is 0 Å². The van der Waals surface area contributed by atoms with E-state index in [1.807, 2.05) is 6.92 Å². The quantitative estimate of drug-likeness (QED) is 0.528.